The summed E-state index contributed by atoms with van der Waals surface area (Å²) in [5.41, 5.74) is 2.85. The normalized spacial score (nSPS) is 16.9. The summed E-state index contributed by atoms with van der Waals surface area (Å²) in [7, 11) is 1.93. The number of para-hydroxylation sites is 3. The number of nitrogens with one attached hydrogen (secondary N) is 1. The molecule has 2 aromatic carbocycles. The molecule has 5 nitrogen and oxygen atoms in total. The van der Waals surface area contributed by atoms with Crippen LogP contribution in [0.15, 0.2) is 48.5 Å². The van der Waals surface area contributed by atoms with Gasteiger partial charge in [-0.1, -0.05) is 24.3 Å². The van der Waals surface area contributed by atoms with Crippen molar-refractivity contribution in [2.45, 2.75) is 6.17 Å². The Balaban J connectivity index is 2.05. The Hall–Kier alpha value is -2.56. The van der Waals surface area contributed by atoms with Crippen LogP contribution in [0.25, 0.3) is 0 Å². The third kappa shape index (κ3) is 1.79. The van der Waals surface area contributed by atoms with Gasteiger partial charge < -0.3 is 10.2 Å². The van der Waals surface area contributed by atoms with Gasteiger partial charge >= 0.3 is 0 Å². The van der Waals surface area contributed by atoms with Crippen LogP contribution in [0.2, 0.25) is 0 Å². The molecule has 0 fully saturated rings. The molecule has 0 aliphatic carbocycles. The second-order valence-corrected chi connectivity index (χ2v) is 4.49. The van der Waals surface area contributed by atoms with Gasteiger partial charge in [-0.25, -0.2) is 0 Å². The van der Waals surface area contributed by atoms with Gasteiger partial charge in [0.15, 0.2) is 0 Å². The molecule has 0 bridgehead atoms. The first-order valence-corrected chi connectivity index (χ1v) is 6.00. The highest BCUT2D eigenvalue weighted by Gasteiger charge is 2.31. The van der Waals surface area contributed by atoms with Gasteiger partial charge in [0.25, 0.3) is 5.69 Å². The molecule has 2 aromatic rings. The minimum atomic E-state index is -0.339. The summed E-state index contributed by atoms with van der Waals surface area (Å²) in [6.45, 7) is 0. The van der Waals surface area contributed by atoms with E-state index in [0.29, 0.717) is 5.56 Å². The van der Waals surface area contributed by atoms with Gasteiger partial charge in [0.1, 0.15) is 6.17 Å². The van der Waals surface area contributed by atoms with Gasteiger partial charge in [-0.05, 0) is 18.2 Å². The lowest BCUT2D eigenvalue weighted by atomic mass is 10.1. The van der Waals surface area contributed by atoms with Crippen LogP contribution in [0.4, 0.5) is 17.1 Å². The van der Waals surface area contributed by atoms with Crippen LogP contribution in [0, 0.1) is 10.1 Å². The standard InChI is InChI=1S/C14H13N3O2/c1-16-13-9-5-3-7-11(13)15-14(16)10-6-2-4-8-12(10)17(18)19/h2-9,14-15H,1H3/t14-/m0/s1. The summed E-state index contributed by atoms with van der Waals surface area (Å²) >= 11 is 0. The highest BCUT2D eigenvalue weighted by molar-refractivity contribution is 5.76. The number of nitro benzene ring substituents is 1. The quantitative estimate of drug-likeness (QED) is 0.661. The van der Waals surface area contributed by atoms with E-state index in [4.69, 9.17) is 0 Å². The van der Waals surface area contributed by atoms with Crippen LogP contribution in [-0.2, 0) is 0 Å². The van der Waals surface area contributed by atoms with Gasteiger partial charge in [0, 0.05) is 13.1 Å². The number of nitro groups is 1. The third-order valence-electron chi connectivity index (χ3n) is 3.39. The number of fused-ring (bicyclic) bond motifs is 1. The van der Waals surface area contributed by atoms with Gasteiger partial charge in [-0.15, -0.1) is 0 Å². The number of nitrogens with zero attached hydrogens (tertiary/aromatic N) is 2. The first-order valence-electron chi connectivity index (χ1n) is 6.00. The molecule has 0 saturated heterocycles. The molecule has 0 radical (unpaired) electrons. The Labute approximate surface area is 110 Å². The highest BCUT2D eigenvalue weighted by Crippen LogP contribution is 2.41. The predicted molar refractivity (Wildman–Crippen MR) is 74.3 cm³/mol. The molecule has 0 unspecified atom stereocenters. The van der Waals surface area contributed by atoms with Crippen LogP contribution >= 0.6 is 0 Å². The molecule has 1 N–H and O–H groups in total. The van der Waals surface area contributed by atoms with Crippen molar-refractivity contribution in [1.29, 1.82) is 0 Å². The predicted octanol–water partition coefficient (Wildman–Crippen LogP) is 3.16. The van der Waals surface area contributed by atoms with Gasteiger partial charge in [-0.2, -0.15) is 0 Å². The average Bonchev–Trinajstić information content (AvgIpc) is 2.76. The summed E-state index contributed by atoms with van der Waals surface area (Å²) in [4.78, 5) is 12.8. The number of anilines is 2. The van der Waals surface area contributed by atoms with Gasteiger partial charge in [0.2, 0.25) is 0 Å². The second-order valence-electron chi connectivity index (χ2n) is 4.49. The molecular weight excluding hydrogens is 242 g/mol. The van der Waals surface area contributed by atoms with Crippen LogP contribution in [0.1, 0.15) is 11.7 Å². The minimum Gasteiger partial charge on any atom is -0.360 e. The zero-order valence-corrected chi connectivity index (χ0v) is 10.4. The van der Waals surface area contributed by atoms with Crippen molar-refractivity contribution < 1.29 is 4.92 Å². The number of rotatable bonds is 2. The second kappa shape index (κ2) is 4.28. The maximum atomic E-state index is 11.1. The zero-order chi connectivity index (χ0) is 13.4. The van der Waals surface area contributed by atoms with Crippen molar-refractivity contribution in [3.05, 3.63) is 64.2 Å². The molecule has 1 aliphatic heterocycles. The van der Waals surface area contributed by atoms with E-state index in [1.54, 1.807) is 12.1 Å². The molecule has 96 valence electrons. The molecule has 0 aromatic heterocycles. The van der Waals surface area contributed by atoms with E-state index in [-0.39, 0.29) is 16.8 Å². The lowest BCUT2D eigenvalue weighted by Crippen LogP contribution is -2.24. The fourth-order valence-corrected chi connectivity index (χ4v) is 2.46. The Morgan fingerprint density at radius 1 is 1.16 bits per heavy atom. The topological polar surface area (TPSA) is 58.4 Å². The highest BCUT2D eigenvalue weighted by atomic mass is 16.6. The number of benzene rings is 2. The lowest BCUT2D eigenvalue weighted by molar-refractivity contribution is -0.385. The van der Waals surface area contributed by atoms with E-state index in [1.165, 1.54) is 6.07 Å². The van der Waals surface area contributed by atoms with E-state index >= 15 is 0 Å². The van der Waals surface area contributed by atoms with E-state index in [1.807, 2.05) is 42.3 Å². The minimum absolute atomic E-state index is 0.139. The van der Waals surface area contributed by atoms with Gasteiger partial charge in [-0.3, -0.25) is 10.1 Å². The van der Waals surface area contributed by atoms with E-state index in [2.05, 4.69) is 5.32 Å². The molecule has 0 spiro atoms. The molecule has 5 heteroatoms. The monoisotopic (exact) mass is 255 g/mol. The molecule has 0 amide bonds. The third-order valence-corrected chi connectivity index (χ3v) is 3.39. The Bertz CT molecular complexity index is 642. The largest absolute Gasteiger partial charge is 0.360 e. The maximum Gasteiger partial charge on any atom is 0.276 e. The smallest absolute Gasteiger partial charge is 0.276 e. The molecule has 1 atom stereocenters. The van der Waals surface area contributed by atoms with Crippen LogP contribution in [-0.4, -0.2) is 12.0 Å². The average molecular weight is 255 g/mol. The van der Waals surface area contributed by atoms with Crippen molar-refractivity contribution in [2.75, 3.05) is 17.3 Å². The van der Waals surface area contributed by atoms with Crippen molar-refractivity contribution in [3.63, 3.8) is 0 Å². The first-order chi connectivity index (χ1) is 9.18. The summed E-state index contributed by atoms with van der Waals surface area (Å²) in [5.74, 6) is 0. The molecule has 1 heterocycles. The van der Waals surface area contributed by atoms with E-state index < -0.39 is 0 Å². The molecule has 0 saturated carbocycles. The fourth-order valence-electron chi connectivity index (χ4n) is 2.46. The Morgan fingerprint density at radius 3 is 2.58 bits per heavy atom. The summed E-state index contributed by atoms with van der Waals surface area (Å²) in [6.07, 6.45) is -0.209. The zero-order valence-electron chi connectivity index (χ0n) is 10.4. The van der Waals surface area contributed by atoms with Crippen molar-refractivity contribution in [1.82, 2.24) is 0 Å². The molecule has 19 heavy (non-hydrogen) atoms. The number of hydrogen-bond donors (Lipinski definition) is 1. The Kier molecular flexibility index (Phi) is 2.59. The van der Waals surface area contributed by atoms with Crippen LogP contribution < -0.4 is 10.2 Å². The van der Waals surface area contributed by atoms with Crippen molar-refractivity contribution >= 4 is 17.1 Å². The maximum absolute atomic E-state index is 11.1. The van der Waals surface area contributed by atoms with Crippen LogP contribution in [0.5, 0.6) is 0 Å². The van der Waals surface area contributed by atoms with Crippen molar-refractivity contribution in [2.24, 2.45) is 0 Å². The van der Waals surface area contributed by atoms with Crippen molar-refractivity contribution in [3.8, 4) is 0 Å². The molecule has 1 aliphatic rings. The van der Waals surface area contributed by atoms with Gasteiger partial charge in [0.05, 0.1) is 21.9 Å². The first kappa shape index (κ1) is 11.5. The Morgan fingerprint density at radius 2 is 1.84 bits per heavy atom. The SMILES string of the molecule is CN1c2ccccc2N[C@@H]1c1ccccc1[N+](=O)[O-]. The number of hydrogen-bond acceptors (Lipinski definition) is 4. The lowest BCUT2D eigenvalue weighted by Gasteiger charge is -2.22. The van der Waals surface area contributed by atoms with E-state index in [9.17, 15) is 10.1 Å². The molecule has 3 rings (SSSR count). The van der Waals surface area contributed by atoms with E-state index in [0.717, 1.165) is 11.4 Å². The summed E-state index contributed by atoms with van der Waals surface area (Å²) < 4.78 is 0. The molecular formula is C14H13N3O2. The van der Waals surface area contributed by atoms with Crippen LogP contribution in [0.3, 0.4) is 0 Å². The fraction of sp³-hybridized carbons (Fsp3) is 0.143. The summed E-state index contributed by atoms with van der Waals surface area (Å²) in [6, 6.07) is 14.7. The summed E-state index contributed by atoms with van der Waals surface area (Å²) in [5, 5.41) is 14.4.